The molecule has 0 rings (SSSR count). The van der Waals surface area contributed by atoms with Gasteiger partial charge in [0.1, 0.15) is 0 Å². The van der Waals surface area contributed by atoms with Gasteiger partial charge in [-0.05, 0) is 12.8 Å². The summed E-state index contributed by atoms with van der Waals surface area (Å²) in [5.41, 5.74) is 0. The van der Waals surface area contributed by atoms with Crippen LogP contribution < -0.4 is 5.06 Å². The van der Waals surface area contributed by atoms with E-state index in [1.165, 1.54) is 70.6 Å². The van der Waals surface area contributed by atoms with Crippen LogP contribution in [0.15, 0.2) is 0 Å². The molecule has 0 aromatic carbocycles. The smallest absolute Gasteiger partial charge is 0.309 e. The molecule has 0 aliphatic carbocycles. The summed E-state index contributed by atoms with van der Waals surface area (Å²) in [4.78, 5) is 0. The van der Waals surface area contributed by atoms with Gasteiger partial charge in [-0.2, -0.15) is 0 Å². The second-order valence-corrected chi connectivity index (χ2v) is 6.79. The maximum atomic E-state index is 11.3. The van der Waals surface area contributed by atoms with Crippen molar-refractivity contribution in [3.63, 3.8) is 0 Å². The summed E-state index contributed by atoms with van der Waals surface area (Å²) in [6, 6.07) is 0. The van der Waals surface area contributed by atoms with Crippen molar-refractivity contribution < 1.29 is 15.3 Å². The standard InChI is InChI=1S/C18H39NO3/c1-3-4-5-6-7-8-9-10-11-12-13-14-15-16-17-19(22)18(2,20)21/h19-21H,3-17H2,1-2H3. The lowest BCUT2D eigenvalue weighted by molar-refractivity contribution is -0.962. The number of quaternary nitrogens is 1. The highest BCUT2D eigenvalue weighted by Crippen LogP contribution is 2.12. The van der Waals surface area contributed by atoms with Gasteiger partial charge in [0.25, 0.3) is 0 Å². The van der Waals surface area contributed by atoms with Gasteiger partial charge in [0.05, 0.1) is 6.54 Å². The minimum Gasteiger partial charge on any atom is -0.630 e. The van der Waals surface area contributed by atoms with E-state index in [0.717, 1.165) is 26.2 Å². The van der Waals surface area contributed by atoms with Gasteiger partial charge in [0.15, 0.2) is 0 Å². The third-order valence-corrected chi connectivity index (χ3v) is 4.29. The second kappa shape index (κ2) is 14.4. The summed E-state index contributed by atoms with van der Waals surface area (Å²) in [6.07, 6.45) is 17.9. The van der Waals surface area contributed by atoms with Crippen LogP contribution in [0, 0.1) is 5.21 Å². The molecule has 0 fully saturated rings. The lowest BCUT2D eigenvalue weighted by Crippen LogP contribution is -3.16. The number of hydrogen-bond acceptors (Lipinski definition) is 3. The first kappa shape index (κ1) is 21.8. The Bertz CT molecular complexity index is 229. The third-order valence-electron chi connectivity index (χ3n) is 4.29. The molecule has 0 saturated heterocycles. The number of nitrogens with one attached hydrogen (secondary N) is 1. The molecule has 0 aliphatic heterocycles. The van der Waals surface area contributed by atoms with Gasteiger partial charge >= 0.3 is 5.91 Å². The molecule has 4 heteroatoms. The first-order valence-electron chi connectivity index (χ1n) is 9.46. The normalized spacial score (nSPS) is 13.5. The van der Waals surface area contributed by atoms with E-state index in [0.29, 0.717) is 0 Å². The highest BCUT2D eigenvalue weighted by molar-refractivity contribution is 4.49. The van der Waals surface area contributed by atoms with E-state index < -0.39 is 11.0 Å². The quantitative estimate of drug-likeness (QED) is 0.232. The van der Waals surface area contributed by atoms with Gasteiger partial charge < -0.3 is 20.5 Å². The highest BCUT2D eigenvalue weighted by atomic mass is 16.6. The number of aliphatic hydroxyl groups is 2. The van der Waals surface area contributed by atoms with Crippen LogP contribution in [-0.4, -0.2) is 22.7 Å². The van der Waals surface area contributed by atoms with Crippen LogP contribution in [0.2, 0.25) is 0 Å². The van der Waals surface area contributed by atoms with E-state index in [1.54, 1.807) is 0 Å². The van der Waals surface area contributed by atoms with Crippen LogP contribution in [0.4, 0.5) is 0 Å². The maximum Gasteiger partial charge on any atom is 0.309 e. The highest BCUT2D eigenvalue weighted by Gasteiger charge is 2.22. The van der Waals surface area contributed by atoms with Crippen molar-refractivity contribution in [2.45, 2.75) is 110 Å². The molecule has 0 amide bonds. The Morgan fingerprint density at radius 2 is 1.00 bits per heavy atom. The lowest BCUT2D eigenvalue weighted by Gasteiger charge is -2.31. The van der Waals surface area contributed by atoms with E-state index in [-0.39, 0.29) is 6.54 Å². The Labute approximate surface area is 137 Å². The molecule has 0 radical (unpaired) electrons. The fourth-order valence-corrected chi connectivity index (χ4v) is 2.72. The van der Waals surface area contributed by atoms with E-state index in [9.17, 15) is 5.21 Å². The molecular weight excluding hydrogens is 278 g/mol. The number of unbranched alkanes of at least 4 members (excludes halogenated alkanes) is 13. The molecule has 3 N–H and O–H groups in total. The van der Waals surface area contributed by atoms with Gasteiger partial charge in [0.2, 0.25) is 0 Å². The second-order valence-electron chi connectivity index (χ2n) is 6.79. The van der Waals surface area contributed by atoms with Crippen molar-refractivity contribution >= 4 is 0 Å². The maximum absolute atomic E-state index is 11.3. The van der Waals surface area contributed by atoms with Crippen molar-refractivity contribution in [1.29, 1.82) is 0 Å². The Balaban J connectivity index is 3.12. The van der Waals surface area contributed by atoms with Gasteiger partial charge in [-0.1, -0.05) is 84.0 Å². The summed E-state index contributed by atoms with van der Waals surface area (Å²) in [5, 5.41) is 29.0. The molecule has 0 bridgehead atoms. The Morgan fingerprint density at radius 3 is 1.32 bits per heavy atom. The Morgan fingerprint density at radius 1 is 0.682 bits per heavy atom. The average Bonchev–Trinajstić information content (AvgIpc) is 2.46. The van der Waals surface area contributed by atoms with Crippen LogP contribution in [0.3, 0.4) is 0 Å². The van der Waals surface area contributed by atoms with Gasteiger partial charge in [-0.15, -0.1) is 0 Å². The monoisotopic (exact) mass is 317 g/mol. The van der Waals surface area contributed by atoms with Gasteiger partial charge in [-0.3, -0.25) is 0 Å². The van der Waals surface area contributed by atoms with Crippen molar-refractivity contribution in [3.8, 4) is 0 Å². The first-order chi connectivity index (χ1) is 10.5. The predicted molar refractivity (Wildman–Crippen MR) is 92.4 cm³/mol. The molecule has 22 heavy (non-hydrogen) atoms. The van der Waals surface area contributed by atoms with E-state index in [2.05, 4.69) is 6.92 Å². The molecule has 0 saturated carbocycles. The predicted octanol–water partition coefficient (Wildman–Crippen LogP) is 3.51. The van der Waals surface area contributed by atoms with Gasteiger partial charge in [-0.25, -0.2) is 0 Å². The molecular formula is C18H39NO3. The number of hydrogen-bond donors (Lipinski definition) is 3. The van der Waals surface area contributed by atoms with Crippen molar-refractivity contribution in [2.24, 2.45) is 0 Å². The number of hydroxylamine groups is 2. The van der Waals surface area contributed by atoms with Crippen LogP contribution >= 0.6 is 0 Å². The lowest BCUT2D eigenvalue weighted by atomic mass is 10.0. The van der Waals surface area contributed by atoms with Gasteiger partial charge in [0, 0.05) is 6.92 Å². The third kappa shape index (κ3) is 14.8. The van der Waals surface area contributed by atoms with Crippen molar-refractivity contribution in [1.82, 2.24) is 0 Å². The average molecular weight is 318 g/mol. The van der Waals surface area contributed by atoms with Crippen molar-refractivity contribution in [2.75, 3.05) is 6.54 Å². The van der Waals surface area contributed by atoms with E-state index in [1.807, 2.05) is 0 Å². The summed E-state index contributed by atoms with van der Waals surface area (Å²) in [6.45, 7) is 3.68. The fraction of sp³-hybridized carbons (Fsp3) is 1.00. The molecule has 0 spiro atoms. The first-order valence-corrected chi connectivity index (χ1v) is 9.46. The molecule has 134 valence electrons. The van der Waals surface area contributed by atoms with E-state index >= 15 is 0 Å². The summed E-state index contributed by atoms with van der Waals surface area (Å²) >= 11 is 0. The van der Waals surface area contributed by atoms with Crippen molar-refractivity contribution in [3.05, 3.63) is 5.21 Å². The summed E-state index contributed by atoms with van der Waals surface area (Å²) in [5.74, 6) is -2.14. The minimum absolute atomic E-state index is 0.279. The molecule has 1 unspecified atom stereocenters. The minimum atomic E-state index is -2.14. The van der Waals surface area contributed by atoms with Crippen LogP contribution in [0.5, 0.6) is 0 Å². The summed E-state index contributed by atoms with van der Waals surface area (Å²) < 4.78 is 0. The molecule has 4 nitrogen and oxygen atoms in total. The molecule has 0 heterocycles. The van der Waals surface area contributed by atoms with Crippen LogP contribution in [-0.2, 0) is 0 Å². The zero-order valence-electron chi connectivity index (χ0n) is 14.9. The SMILES string of the molecule is CCCCCCCCCCCCCCCC[NH+]([O-])C(C)(O)O. The molecule has 0 aliphatic rings. The Kier molecular flexibility index (Phi) is 14.3. The molecule has 0 aromatic rings. The molecule has 1 atom stereocenters. The Hall–Kier alpha value is -0.160. The van der Waals surface area contributed by atoms with Crippen LogP contribution in [0.1, 0.15) is 104 Å². The largest absolute Gasteiger partial charge is 0.630 e. The zero-order valence-corrected chi connectivity index (χ0v) is 14.9. The number of rotatable bonds is 16. The molecule has 0 aromatic heterocycles. The van der Waals surface area contributed by atoms with Crippen LogP contribution in [0.25, 0.3) is 0 Å². The van der Waals surface area contributed by atoms with E-state index in [4.69, 9.17) is 10.2 Å². The fourth-order valence-electron chi connectivity index (χ4n) is 2.72. The summed E-state index contributed by atoms with van der Waals surface area (Å²) in [7, 11) is 0. The zero-order chi connectivity index (χ0) is 16.7. The topological polar surface area (TPSA) is 68.0 Å².